The van der Waals surface area contributed by atoms with Crippen LogP contribution in [-0.2, 0) is 10.2 Å². The molecule has 1 fully saturated rings. The molecule has 2 heterocycles. The second kappa shape index (κ2) is 5.52. The highest BCUT2D eigenvalue weighted by atomic mass is 16.5. The number of hydrogen-bond acceptors (Lipinski definition) is 4. The molecule has 1 aromatic heterocycles. The molecule has 0 saturated carbocycles. The zero-order chi connectivity index (χ0) is 14.8. The largest absolute Gasteiger partial charge is 0.381 e. The Labute approximate surface area is 119 Å². The highest BCUT2D eigenvalue weighted by Gasteiger charge is 2.28. The third kappa shape index (κ3) is 3.56. The molecule has 0 radical (unpaired) electrons. The molecule has 6 nitrogen and oxygen atoms in total. The summed E-state index contributed by atoms with van der Waals surface area (Å²) in [4.78, 5) is 16.3. The number of ether oxygens (including phenoxy) is 1. The predicted octanol–water partition coefficient (Wildman–Crippen LogP) is 1.65. The second-order valence-electron chi connectivity index (χ2n) is 6.86. The van der Waals surface area contributed by atoms with Gasteiger partial charge in [-0.1, -0.05) is 27.7 Å². The number of H-pyrrole nitrogens is 1. The summed E-state index contributed by atoms with van der Waals surface area (Å²) in [5, 5.41) is 9.76. The maximum atomic E-state index is 12.1. The molecule has 1 amide bonds. The van der Waals surface area contributed by atoms with Crippen molar-refractivity contribution in [3.63, 3.8) is 0 Å². The van der Waals surface area contributed by atoms with E-state index >= 15 is 0 Å². The molecule has 0 spiro atoms. The average Bonchev–Trinajstić information content (AvgIpc) is 2.86. The predicted molar refractivity (Wildman–Crippen MR) is 75.6 cm³/mol. The van der Waals surface area contributed by atoms with E-state index in [1.807, 2.05) is 20.8 Å². The zero-order valence-corrected chi connectivity index (χ0v) is 12.7. The van der Waals surface area contributed by atoms with Crippen molar-refractivity contribution in [3.05, 3.63) is 11.6 Å². The van der Waals surface area contributed by atoms with Crippen molar-refractivity contribution in [2.24, 2.45) is 5.41 Å². The van der Waals surface area contributed by atoms with Crippen LogP contribution in [0.2, 0.25) is 0 Å². The monoisotopic (exact) mass is 280 g/mol. The lowest BCUT2D eigenvalue weighted by molar-refractivity contribution is 0.0238. The Kier molecular flexibility index (Phi) is 4.13. The lowest BCUT2D eigenvalue weighted by atomic mass is 9.82. The molecule has 0 aromatic carbocycles. The lowest BCUT2D eigenvalue weighted by Crippen LogP contribution is -2.39. The number of rotatable bonds is 3. The van der Waals surface area contributed by atoms with Gasteiger partial charge in [0.1, 0.15) is 5.82 Å². The van der Waals surface area contributed by atoms with Crippen molar-refractivity contribution in [1.82, 2.24) is 20.5 Å². The van der Waals surface area contributed by atoms with E-state index in [2.05, 4.69) is 27.4 Å². The first-order valence-electron chi connectivity index (χ1n) is 7.09. The number of carbonyl (C=O) groups is 1. The molecule has 20 heavy (non-hydrogen) atoms. The van der Waals surface area contributed by atoms with Crippen molar-refractivity contribution >= 4 is 5.91 Å². The Morgan fingerprint density at radius 1 is 1.40 bits per heavy atom. The highest BCUT2D eigenvalue weighted by molar-refractivity contribution is 5.90. The molecule has 2 N–H and O–H groups in total. The average molecular weight is 280 g/mol. The van der Waals surface area contributed by atoms with Gasteiger partial charge in [0.2, 0.25) is 5.82 Å². The fourth-order valence-corrected chi connectivity index (χ4v) is 2.11. The van der Waals surface area contributed by atoms with Gasteiger partial charge in [-0.15, -0.1) is 5.10 Å². The van der Waals surface area contributed by atoms with Crippen LogP contribution >= 0.6 is 0 Å². The fourth-order valence-electron chi connectivity index (χ4n) is 2.11. The molecular weight excluding hydrogens is 256 g/mol. The number of nitrogens with zero attached hydrogens (tertiary/aromatic N) is 2. The third-order valence-corrected chi connectivity index (χ3v) is 3.77. The summed E-state index contributed by atoms with van der Waals surface area (Å²) in [7, 11) is 0. The van der Waals surface area contributed by atoms with Gasteiger partial charge >= 0.3 is 0 Å². The van der Waals surface area contributed by atoms with Crippen molar-refractivity contribution in [1.29, 1.82) is 0 Å². The van der Waals surface area contributed by atoms with Gasteiger partial charge in [-0.05, 0) is 18.3 Å². The van der Waals surface area contributed by atoms with E-state index in [9.17, 15) is 4.79 Å². The molecule has 0 aliphatic carbocycles. The quantitative estimate of drug-likeness (QED) is 0.882. The van der Waals surface area contributed by atoms with E-state index in [-0.39, 0.29) is 22.6 Å². The number of aromatic amines is 1. The number of carbonyl (C=O) groups excluding carboxylic acids is 1. The van der Waals surface area contributed by atoms with Gasteiger partial charge in [0.25, 0.3) is 5.91 Å². The minimum atomic E-state index is -0.218. The summed E-state index contributed by atoms with van der Waals surface area (Å²) in [6.45, 7) is 10.4. The van der Waals surface area contributed by atoms with E-state index in [1.54, 1.807) is 0 Å². The van der Waals surface area contributed by atoms with E-state index in [0.29, 0.717) is 6.54 Å². The smallest absolute Gasteiger partial charge is 0.290 e. The number of nitrogens with one attached hydrogen (secondary N) is 2. The molecule has 1 saturated heterocycles. The van der Waals surface area contributed by atoms with Crippen LogP contribution in [0.4, 0.5) is 0 Å². The summed E-state index contributed by atoms with van der Waals surface area (Å²) in [6, 6.07) is 0. The molecule has 112 valence electrons. The molecule has 1 aliphatic rings. The minimum Gasteiger partial charge on any atom is -0.381 e. The van der Waals surface area contributed by atoms with Crippen LogP contribution < -0.4 is 5.32 Å². The van der Waals surface area contributed by atoms with Gasteiger partial charge in [-0.25, -0.2) is 4.98 Å². The Morgan fingerprint density at radius 2 is 2.05 bits per heavy atom. The summed E-state index contributed by atoms with van der Waals surface area (Å²) < 4.78 is 5.35. The summed E-state index contributed by atoms with van der Waals surface area (Å²) in [5.41, 5.74) is -0.0324. The van der Waals surface area contributed by atoms with Gasteiger partial charge in [0.05, 0.1) is 0 Å². The lowest BCUT2D eigenvalue weighted by Gasteiger charge is -2.33. The normalized spacial score (nSPS) is 18.8. The van der Waals surface area contributed by atoms with E-state index in [4.69, 9.17) is 4.74 Å². The van der Waals surface area contributed by atoms with Crippen molar-refractivity contribution in [3.8, 4) is 0 Å². The number of amides is 1. The number of aromatic nitrogens is 3. The maximum Gasteiger partial charge on any atom is 0.290 e. The number of hydrogen-bond donors (Lipinski definition) is 2. The Morgan fingerprint density at radius 3 is 2.60 bits per heavy atom. The third-order valence-electron chi connectivity index (χ3n) is 3.77. The van der Waals surface area contributed by atoms with E-state index in [0.717, 1.165) is 31.9 Å². The molecule has 0 atom stereocenters. The van der Waals surface area contributed by atoms with Gasteiger partial charge in [-0.2, -0.15) is 0 Å². The molecule has 2 rings (SSSR count). The SMILES string of the molecule is CC1(CNC(=O)c2n[nH]c(C(C)(C)C)n2)CCOCC1. The molecule has 6 heteroatoms. The molecule has 0 bridgehead atoms. The first-order valence-corrected chi connectivity index (χ1v) is 7.09. The van der Waals surface area contributed by atoms with Crippen LogP contribution in [0.25, 0.3) is 0 Å². The molecule has 1 aliphatic heterocycles. The van der Waals surface area contributed by atoms with Gasteiger partial charge in [0, 0.05) is 25.2 Å². The highest BCUT2D eigenvalue weighted by Crippen LogP contribution is 2.28. The van der Waals surface area contributed by atoms with Crippen molar-refractivity contribution in [2.75, 3.05) is 19.8 Å². The molecule has 0 unspecified atom stereocenters. The molecule has 1 aromatic rings. The first kappa shape index (κ1) is 15.0. The first-order chi connectivity index (χ1) is 9.30. The Hall–Kier alpha value is -1.43. The van der Waals surface area contributed by atoms with Gasteiger partial charge in [0.15, 0.2) is 0 Å². The van der Waals surface area contributed by atoms with Crippen LogP contribution in [0.1, 0.15) is 57.0 Å². The zero-order valence-electron chi connectivity index (χ0n) is 12.7. The fraction of sp³-hybridized carbons (Fsp3) is 0.786. The van der Waals surface area contributed by atoms with Crippen molar-refractivity contribution < 1.29 is 9.53 Å². The van der Waals surface area contributed by atoms with Crippen LogP contribution in [-0.4, -0.2) is 40.8 Å². The van der Waals surface area contributed by atoms with E-state index in [1.165, 1.54) is 0 Å². The van der Waals surface area contributed by atoms with Gasteiger partial charge < -0.3 is 10.1 Å². The van der Waals surface area contributed by atoms with Crippen LogP contribution in [0.15, 0.2) is 0 Å². The van der Waals surface area contributed by atoms with Crippen LogP contribution in [0, 0.1) is 5.41 Å². The Bertz CT molecular complexity index is 470. The topological polar surface area (TPSA) is 79.9 Å². The van der Waals surface area contributed by atoms with Gasteiger partial charge in [-0.3, -0.25) is 9.89 Å². The Balaban J connectivity index is 1.93. The molecular formula is C14H24N4O2. The van der Waals surface area contributed by atoms with Crippen LogP contribution in [0.3, 0.4) is 0 Å². The van der Waals surface area contributed by atoms with Crippen molar-refractivity contribution in [2.45, 2.75) is 46.0 Å². The van der Waals surface area contributed by atoms with Crippen LogP contribution in [0.5, 0.6) is 0 Å². The summed E-state index contributed by atoms with van der Waals surface area (Å²) in [6.07, 6.45) is 1.93. The summed E-state index contributed by atoms with van der Waals surface area (Å²) in [5.74, 6) is 0.718. The van der Waals surface area contributed by atoms with E-state index < -0.39 is 0 Å². The minimum absolute atomic E-state index is 0.108. The summed E-state index contributed by atoms with van der Waals surface area (Å²) >= 11 is 0. The standard InChI is InChI=1S/C14H24N4O2/c1-13(2,3)12-16-10(17-18-12)11(19)15-9-14(4)5-7-20-8-6-14/h5-9H2,1-4H3,(H,15,19)(H,16,17,18). The second-order valence-corrected chi connectivity index (χ2v) is 6.86. The maximum absolute atomic E-state index is 12.1.